The standard InChI is InChI=1S/C19H22ClF2N3O2/c20-14-2-1-3-15-16(14)13(10-25(15)12-8-23-9-12)17(26)24-11-18(27)4-6-19(21,22)7-5-18/h1-3,10,12,23,27H,4-9,11H2,(H,24,26). The number of alkyl halides is 2. The lowest BCUT2D eigenvalue weighted by Gasteiger charge is -2.35. The van der Waals surface area contributed by atoms with Gasteiger partial charge in [0.05, 0.1) is 27.7 Å². The van der Waals surface area contributed by atoms with Crippen LogP contribution >= 0.6 is 11.6 Å². The van der Waals surface area contributed by atoms with E-state index in [1.54, 1.807) is 12.3 Å². The number of halogens is 3. The summed E-state index contributed by atoms with van der Waals surface area (Å²) in [6.45, 7) is 1.60. The third-order valence-electron chi connectivity index (χ3n) is 5.70. The lowest BCUT2D eigenvalue weighted by atomic mass is 9.82. The van der Waals surface area contributed by atoms with Crippen molar-refractivity contribution in [3.05, 3.63) is 35.0 Å². The number of benzene rings is 1. The van der Waals surface area contributed by atoms with E-state index in [9.17, 15) is 18.7 Å². The number of aromatic nitrogens is 1. The topological polar surface area (TPSA) is 66.3 Å². The fraction of sp³-hybridized carbons (Fsp3) is 0.526. The van der Waals surface area contributed by atoms with Gasteiger partial charge in [-0.25, -0.2) is 8.78 Å². The van der Waals surface area contributed by atoms with Gasteiger partial charge in [0.15, 0.2) is 0 Å². The van der Waals surface area contributed by atoms with Crippen LogP contribution < -0.4 is 10.6 Å². The first-order valence-electron chi connectivity index (χ1n) is 9.16. The summed E-state index contributed by atoms with van der Waals surface area (Å²) < 4.78 is 28.7. The van der Waals surface area contributed by atoms with Gasteiger partial charge in [0.1, 0.15) is 0 Å². The molecule has 1 saturated carbocycles. The Bertz CT molecular complexity index is 869. The van der Waals surface area contributed by atoms with Gasteiger partial charge in [-0.05, 0) is 25.0 Å². The predicted octanol–water partition coefficient (Wildman–Crippen LogP) is 3.11. The van der Waals surface area contributed by atoms with E-state index in [2.05, 4.69) is 10.6 Å². The predicted molar refractivity (Wildman–Crippen MR) is 99.6 cm³/mol. The molecule has 1 amide bonds. The van der Waals surface area contributed by atoms with Gasteiger partial charge in [0.25, 0.3) is 5.91 Å². The zero-order valence-corrected chi connectivity index (χ0v) is 15.5. The van der Waals surface area contributed by atoms with Crippen molar-refractivity contribution in [1.29, 1.82) is 0 Å². The van der Waals surface area contributed by atoms with E-state index in [0.29, 0.717) is 16.0 Å². The largest absolute Gasteiger partial charge is 0.388 e. The zero-order chi connectivity index (χ0) is 19.2. The van der Waals surface area contributed by atoms with Crippen LogP contribution in [0.5, 0.6) is 0 Å². The average Bonchev–Trinajstić information content (AvgIpc) is 2.96. The maximum absolute atomic E-state index is 13.3. The molecule has 1 aromatic carbocycles. The van der Waals surface area contributed by atoms with Crippen LogP contribution in [0.2, 0.25) is 5.02 Å². The summed E-state index contributed by atoms with van der Waals surface area (Å²) in [4.78, 5) is 12.8. The van der Waals surface area contributed by atoms with Crippen LogP contribution in [0.3, 0.4) is 0 Å². The second-order valence-corrected chi connectivity index (χ2v) is 8.07. The van der Waals surface area contributed by atoms with Crippen molar-refractivity contribution in [3.63, 3.8) is 0 Å². The molecule has 3 N–H and O–H groups in total. The minimum absolute atomic E-state index is 0.0312. The molecule has 2 heterocycles. The fourth-order valence-electron chi connectivity index (χ4n) is 3.81. The second kappa shape index (κ2) is 6.72. The zero-order valence-electron chi connectivity index (χ0n) is 14.8. The molecule has 2 fully saturated rings. The Balaban J connectivity index is 1.54. The molecule has 5 nitrogen and oxygen atoms in total. The fourth-order valence-corrected chi connectivity index (χ4v) is 4.08. The molecule has 0 unspecified atom stereocenters. The normalized spacial score (nSPS) is 21.8. The first-order chi connectivity index (χ1) is 12.8. The maximum Gasteiger partial charge on any atom is 0.253 e. The van der Waals surface area contributed by atoms with Crippen LogP contribution in [-0.2, 0) is 0 Å². The Hall–Kier alpha value is -1.70. The van der Waals surface area contributed by atoms with Gasteiger partial charge in [0.2, 0.25) is 5.92 Å². The average molecular weight is 398 g/mol. The number of hydrogen-bond acceptors (Lipinski definition) is 3. The van der Waals surface area contributed by atoms with Crippen LogP contribution in [0.4, 0.5) is 8.78 Å². The van der Waals surface area contributed by atoms with Crippen LogP contribution in [-0.4, -0.2) is 46.7 Å². The third kappa shape index (κ3) is 3.56. The van der Waals surface area contributed by atoms with Crippen molar-refractivity contribution >= 4 is 28.4 Å². The van der Waals surface area contributed by atoms with Gasteiger partial charge in [-0.15, -0.1) is 0 Å². The molecule has 4 rings (SSSR count). The summed E-state index contributed by atoms with van der Waals surface area (Å²) in [5.41, 5.74) is 0.0274. The van der Waals surface area contributed by atoms with Gasteiger partial charge in [0, 0.05) is 44.1 Å². The van der Waals surface area contributed by atoms with Crippen LogP contribution in [0.25, 0.3) is 10.9 Å². The maximum atomic E-state index is 13.3. The first-order valence-corrected chi connectivity index (χ1v) is 9.54. The molecule has 1 aliphatic heterocycles. The van der Waals surface area contributed by atoms with Crippen molar-refractivity contribution in [3.8, 4) is 0 Å². The van der Waals surface area contributed by atoms with E-state index < -0.39 is 11.5 Å². The highest BCUT2D eigenvalue weighted by Crippen LogP contribution is 2.38. The highest BCUT2D eigenvalue weighted by atomic mass is 35.5. The van der Waals surface area contributed by atoms with Gasteiger partial charge in [-0.2, -0.15) is 0 Å². The number of fused-ring (bicyclic) bond motifs is 1. The van der Waals surface area contributed by atoms with Crippen molar-refractivity contribution in [2.24, 2.45) is 0 Å². The summed E-state index contributed by atoms with van der Waals surface area (Å²) in [5.74, 6) is -3.08. The molecule has 0 atom stereocenters. The molecule has 27 heavy (non-hydrogen) atoms. The Labute approximate surface area is 160 Å². The summed E-state index contributed by atoms with van der Waals surface area (Å²) in [7, 11) is 0. The van der Waals surface area contributed by atoms with Crippen LogP contribution in [0.15, 0.2) is 24.4 Å². The molecule has 0 bridgehead atoms. The Morgan fingerprint density at radius 1 is 1.30 bits per heavy atom. The summed E-state index contributed by atoms with van der Waals surface area (Å²) in [5, 5.41) is 17.6. The lowest BCUT2D eigenvalue weighted by molar-refractivity contribution is -0.101. The van der Waals surface area contributed by atoms with Crippen molar-refractivity contribution in [1.82, 2.24) is 15.2 Å². The Morgan fingerprint density at radius 2 is 2.00 bits per heavy atom. The molecule has 0 spiro atoms. The summed E-state index contributed by atoms with van der Waals surface area (Å²) >= 11 is 6.35. The number of nitrogens with zero attached hydrogens (tertiary/aromatic N) is 1. The molecule has 8 heteroatoms. The summed E-state index contributed by atoms with van der Waals surface area (Å²) in [6.07, 6.45) is 1.00. The van der Waals surface area contributed by atoms with E-state index in [0.717, 1.165) is 18.6 Å². The SMILES string of the molecule is O=C(NCC1(O)CCC(F)(F)CC1)c1cn(C2CNC2)c2cccc(Cl)c12. The first kappa shape index (κ1) is 18.7. The molecular weight excluding hydrogens is 376 g/mol. The second-order valence-electron chi connectivity index (χ2n) is 7.66. The van der Waals surface area contributed by atoms with Crippen LogP contribution in [0.1, 0.15) is 42.1 Å². The number of nitrogens with one attached hydrogen (secondary N) is 2. The third-order valence-corrected chi connectivity index (χ3v) is 6.01. The van der Waals surface area contributed by atoms with Crippen molar-refractivity contribution in [2.45, 2.75) is 43.2 Å². The molecule has 0 radical (unpaired) electrons. The Morgan fingerprint density at radius 3 is 2.63 bits per heavy atom. The lowest BCUT2D eigenvalue weighted by Crippen LogP contribution is -2.47. The van der Waals surface area contributed by atoms with E-state index in [-0.39, 0.29) is 44.2 Å². The molecular formula is C19H22ClF2N3O2. The summed E-state index contributed by atoms with van der Waals surface area (Å²) in [6, 6.07) is 5.77. The molecule has 1 aliphatic carbocycles. The van der Waals surface area contributed by atoms with Crippen molar-refractivity contribution < 1.29 is 18.7 Å². The van der Waals surface area contributed by atoms with Gasteiger partial charge in [-0.3, -0.25) is 4.79 Å². The highest BCUT2D eigenvalue weighted by Gasteiger charge is 2.42. The Kier molecular flexibility index (Phi) is 4.64. The van der Waals surface area contributed by atoms with Gasteiger partial charge in [-0.1, -0.05) is 17.7 Å². The number of carbonyl (C=O) groups excluding carboxylic acids is 1. The molecule has 1 saturated heterocycles. The minimum atomic E-state index is -2.73. The number of hydrogen-bond donors (Lipinski definition) is 3. The molecule has 2 aliphatic rings. The minimum Gasteiger partial charge on any atom is -0.388 e. The molecule has 146 valence electrons. The number of rotatable bonds is 4. The van der Waals surface area contributed by atoms with Gasteiger partial charge < -0.3 is 20.3 Å². The monoisotopic (exact) mass is 397 g/mol. The van der Waals surface area contributed by atoms with E-state index in [1.165, 1.54) is 0 Å². The van der Waals surface area contributed by atoms with E-state index >= 15 is 0 Å². The number of carbonyl (C=O) groups is 1. The molecule has 2 aromatic rings. The van der Waals surface area contributed by atoms with E-state index in [1.807, 2.05) is 16.7 Å². The number of amides is 1. The van der Waals surface area contributed by atoms with Gasteiger partial charge >= 0.3 is 0 Å². The smallest absolute Gasteiger partial charge is 0.253 e. The highest BCUT2D eigenvalue weighted by molar-refractivity contribution is 6.36. The van der Waals surface area contributed by atoms with E-state index in [4.69, 9.17) is 11.6 Å². The quantitative estimate of drug-likeness (QED) is 0.742. The van der Waals surface area contributed by atoms with Crippen molar-refractivity contribution in [2.75, 3.05) is 19.6 Å². The van der Waals surface area contributed by atoms with Crippen LogP contribution in [0, 0.1) is 0 Å². The number of aliphatic hydroxyl groups is 1. The molecule has 1 aromatic heterocycles.